The van der Waals surface area contributed by atoms with Crippen LogP contribution in [0.2, 0.25) is 0 Å². The summed E-state index contributed by atoms with van der Waals surface area (Å²) in [7, 11) is 0. The highest BCUT2D eigenvalue weighted by atomic mass is 16.3. The second kappa shape index (κ2) is 4.13. The van der Waals surface area contributed by atoms with Gasteiger partial charge in [0.2, 0.25) is 0 Å². The van der Waals surface area contributed by atoms with E-state index in [4.69, 9.17) is 11.5 Å². The van der Waals surface area contributed by atoms with E-state index >= 15 is 0 Å². The molecule has 2 unspecified atom stereocenters. The third kappa shape index (κ3) is 1.76. The zero-order valence-corrected chi connectivity index (χ0v) is 8.97. The molecule has 5 N–H and O–H groups in total. The van der Waals surface area contributed by atoms with Gasteiger partial charge in [0.1, 0.15) is 11.4 Å². The smallest absolute Gasteiger partial charge is 0.254 e. The number of hydrogen-bond acceptors (Lipinski definition) is 4. The number of nitrogens with two attached hydrogens (primary N) is 2. The fourth-order valence-corrected chi connectivity index (χ4v) is 2.20. The molecule has 16 heavy (non-hydrogen) atoms. The first kappa shape index (κ1) is 10.9. The van der Waals surface area contributed by atoms with Crippen molar-refractivity contribution >= 4 is 11.7 Å². The van der Waals surface area contributed by atoms with Crippen LogP contribution in [0.25, 0.3) is 0 Å². The van der Waals surface area contributed by atoms with Gasteiger partial charge in [0.25, 0.3) is 5.91 Å². The summed E-state index contributed by atoms with van der Waals surface area (Å²) in [6.45, 7) is 0. The Morgan fingerprint density at radius 2 is 2.19 bits per heavy atom. The molecule has 1 aliphatic rings. The molecular formula is C10H16N4O2. The number of amides is 1. The van der Waals surface area contributed by atoms with Crippen LogP contribution in [0.5, 0.6) is 0 Å². The second-order valence-electron chi connectivity index (χ2n) is 4.17. The van der Waals surface area contributed by atoms with Crippen molar-refractivity contribution in [1.82, 2.24) is 9.78 Å². The van der Waals surface area contributed by atoms with Crippen LogP contribution >= 0.6 is 0 Å². The molecule has 1 amide bonds. The maximum Gasteiger partial charge on any atom is 0.254 e. The summed E-state index contributed by atoms with van der Waals surface area (Å²) in [6, 6.07) is -0.137. The van der Waals surface area contributed by atoms with E-state index in [1.165, 1.54) is 10.9 Å². The third-order valence-electron chi connectivity index (χ3n) is 3.11. The molecule has 0 bridgehead atoms. The van der Waals surface area contributed by atoms with Gasteiger partial charge in [0.05, 0.1) is 18.3 Å². The third-order valence-corrected chi connectivity index (χ3v) is 3.11. The monoisotopic (exact) mass is 224 g/mol. The topological polar surface area (TPSA) is 107 Å². The van der Waals surface area contributed by atoms with Gasteiger partial charge in [-0.2, -0.15) is 5.10 Å². The molecule has 0 spiro atoms. The molecule has 2 atom stereocenters. The maximum atomic E-state index is 11.0. The van der Waals surface area contributed by atoms with Crippen LogP contribution in [-0.2, 0) is 0 Å². The highest BCUT2D eigenvalue weighted by Crippen LogP contribution is 2.30. The van der Waals surface area contributed by atoms with Gasteiger partial charge in [0.15, 0.2) is 0 Å². The van der Waals surface area contributed by atoms with Crippen molar-refractivity contribution < 1.29 is 9.90 Å². The number of aliphatic hydroxyl groups is 1. The first-order valence-corrected chi connectivity index (χ1v) is 5.42. The van der Waals surface area contributed by atoms with E-state index in [-0.39, 0.29) is 17.4 Å². The predicted octanol–water partition coefficient (Wildman–Crippen LogP) is 0.0402. The van der Waals surface area contributed by atoms with Gasteiger partial charge in [-0.1, -0.05) is 12.8 Å². The molecule has 0 saturated heterocycles. The van der Waals surface area contributed by atoms with Gasteiger partial charge in [-0.25, -0.2) is 4.68 Å². The molecule has 0 aliphatic heterocycles. The van der Waals surface area contributed by atoms with Crippen LogP contribution in [0.1, 0.15) is 42.1 Å². The van der Waals surface area contributed by atoms with Gasteiger partial charge in [-0.15, -0.1) is 0 Å². The molecule has 1 aromatic heterocycles. The Balaban J connectivity index is 2.29. The number of nitrogen functional groups attached to an aromatic ring is 1. The van der Waals surface area contributed by atoms with Crippen molar-refractivity contribution in [2.45, 2.75) is 37.8 Å². The number of carbonyl (C=O) groups excluding carboxylic acids is 1. The first-order valence-electron chi connectivity index (χ1n) is 5.42. The van der Waals surface area contributed by atoms with Gasteiger partial charge in [-0.3, -0.25) is 4.79 Å². The van der Waals surface area contributed by atoms with Crippen LogP contribution in [0.4, 0.5) is 5.82 Å². The van der Waals surface area contributed by atoms with Crippen molar-refractivity contribution in [3.05, 3.63) is 11.8 Å². The van der Waals surface area contributed by atoms with Crippen molar-refractivity contribution in [2.24, 2.45) is 5.73 Å². The lowest BCUT2D eigenvalue weighted by molar-refractivity contribution is 0.0705. The van der Waals surface area contributed by atoms with Gasteiger partial charge < -0.3 is 16.6 Å². The number of hydrogen-bond donors (Lipinski definition) is 3. The Kier molecular flexibility index (Phi) is 2.82. The van der Waals surface area contributed by atoms with Crippen LogP contribution in [-0.4, -0.2) is 26.9 Å². The number of carbonyl (C=O) groups is 1. The second-order valence-corrected chi connectivity index (χ2v) is 4.17. The number of anilines is 1. The van der Waals surface area contributed by atoms with E-state index in [9.17, 15) is 9.90 Å². The summed E-state index contributed by atoms with van der Waals surface area (Å²) in [4.78, 5) is 11.0. The summed E-state index contributed by atoms with van der Waals surface area (Å²) in [5, 5.41) is 13.9. The standard InChI is InChI=1S/C10H16N4O2/c11-9-6(10(12)16)5-13-14(9)7-3-1-2-4-8(7)15/h5,7-8,15H,1-4,11H2,(H2,12,16). The Labute approximate surface area is 93.2 Å². The molecular weight excluding hydrogens is 208 g/mol. The van der Waals surface area contributed by atoms with Crippen LogP contribution < -0.4 is 11.5 Å². The first-order chi connectivity index (χ1) is 7.61. The van der Waals surface area contributed by atoms with Crippen LogP contribution in [0, 0.1) is 0 Å². The molecule has 1 saturated carbocycles. The van der Waals surface area contributed by atoms with E-state index in [1.54, 1.807) is 0 Å². The molecule has 6 heteroatoms. The van der Waals surface area contributed by atoms with Crippen molar-refractivity contribution in [1.29, 1.82) is 0 Å². The van der Waals surface area contributed by atoms with Crippen LogP contribution in [0.15, 0.2) is 6.20 Å². The molecule has 2 rings (SSSR count). The average Bonchev–Trinajstić information content (AvgIpc) is 2.61. The minimum absolute atomic E-state index is 0.137. The number of aromatic nitrogens is 2. The molecule has 1 aliphatic carbocycles. The molecule has 6 nitrogen and oxygen atoms in total. The lowest BCUT2D eigenvalue weighted by Crippen LogP contribution is -2.29. The molecule has 88 valence electrons. The van der Waals surface area contributed by atoms with E-state index in [2.05, 4.69) is 5.10 Å². The number of aliphatic hydroxyl groups excluding tert-OH is 1. The van der Waals surface area contributed by atoms with E-state index in [0.29, 0.717) is 0 Å². The molecule has 1 aromatic rings. The molecule has 1 heterocycles. The van der Waals surface area contributed by atoms with E-state index in [0.717, 1.165) is 25.7 Å². The Morgan fingerprint density at radius 1 is 1.50 bits per heavy atom. The highest BCUT2D eigenvalue weighted by Gasteiger charge is 2.27. The van der Waals surface area contributed by atoms with Gasteiger partial charge in [-0.05, 0) is 12.8 Å². The minimum Gasteiger partial charge on any atom is -0.391 e. The lowest BCUT2D eigenvalue weighted by atomic mass is 9.93. The summed E-state index contributed by atoms with van der Waals surface area (Å²) in [6.07, 6.45) is 4.53. The maximum absolute atomic E-state index is 11.0. The highest BCUT2D eigenvalue weighted by molar-refractivity contribution is 5.96. The molecule has 0 radical (unpaired) electrons. The van der Waals surface area contributed by atoms with Crippen molar-refractivity contribution in [3.63, 3.8) is 0 Å². The van der Waals surface area contributed by atoms with Gasteiger partial charge in [0, 0.05) is 0 Å². The quantitative estimate of drug-likeness (QED) is 0.659. The zero-order valence-electron chi connectivity index (χ0n) is 8.97. The van der Waals surface area contributed by atoms with Crippen LogP contribution in [0.3, 0.4) is 0 Å². The van der Waals surface area contributed by atoms with E-state index < -0.39 is 12.0 Å². The van der Waals surface area contributed by atoms with E-state index in [1.807, 2.05) is 0 Å². The summed E-state index contributed by atoms with van der Waals surface area (Å²) < 4.78 is 1.52. The van der Waals surface area contributed by atoms with Gasteiger partial charge >= 0.3 is 0 Å². The number of primary amides is 1. The molecule has 1 fully saturated rings. The van der Waals surface area contributed by atoms with Crippen molar-refractivity contribution in [3.8, 4) is 0 Å². The lowest BCUT2D eigenvalue weighted by Gasteiger charge is -2.28. The fourth-order valence-electron chi connectivity index (χ4n) is 2.20. The largest absolute Gasteiger partial charge is 0.391 e. The average molecular weight is 224 g/mol. The predicted molar refractivity (Wildman–Crippen MR) is 58.7 cm³/mol. The summed E-state index contributed by atoms with van der Waals surface area (Å²) in [5.74, 6) is -0.340. The Hall–Kier alpha value is -1.56. The minimum atomic E-state index is -0.589. The zero-order chi connectivity index (χ0) is 11.7. The number of rotatable bonds is 2. The Bertz CT molecular complexity index is 402. The number of nitrogens with zero attached hydrogens (tertiary/aromatic N) is 2. The fraction of sp³-hybridized carbons (Fsp3) is 0.600. The molecule has 0 aromatic carbocycles. The normalized spacial score (nSPS) is 25.6. The SMILES string of the molecule is NC(=O)c1cnn(C2CCCCC2O)c1N. The summed E-state index contributed by atoms with van der Waals surface area (Å²) >= 11 is 0. The Morgan fingerprint density at radius 3 is 2.75 bits per heavy atom. The van der Waals surface area contributed by atoms with Crippen molar-refractivity contribution in [2.75, 3.05) is 5.73 Å². The summed E-state index contributed by atoms with van der Waals surface area (Å²) in [5.41, 5.74) is 11.2.